The van der Waals surface area contributed by atoms with Gasteiger partial charge in [-0.2, -0.15) is 0 Å². The second-order valence-corrected chi connectivity index (χ2v) is 4.86. The van der Waals surface area contributed by atoms with Crippen molar-refractivity contribution in [2.45, 2.75) is 26.2 Å². The van der Waals surface area contributed by atoms with E-state index in [0.717, 1.165) is 24.8 Å². The minimum Gasteiger partial charge on any atom is -0.395 e. The lowest BCUT2D eigenvalue weighted by Crippen LogP contribution is -2.34. The molecule has 0 aliphatic rings. The fraction of sp³-hybridized carbons (Fsp3) is 0.467. The zero-order chi connectivity index (χ0) is 14.4. The number of imidazole rings is 1. The Labute approximate surface area is 118 Å². The fourth-order valence-corrected chi connectivity index (χ4v) is 2.22. The summed E-state index contributed by atoms with van der Waals surface area (Å²) in [7, 11) is 0. The maximum atomic E-state index is 12.5. The van der Waals surface area contributed by atoms with E-state index in [2.05, 4.69) is 11.9 Å². The van der Waals surface area contributed by atoms with Gasteiger partial charge >= 0.3 is 0 Å². The van der Waals surface area contributed by atoms with Crippen molar-refractivity contribution in [3.63, 3.8) is 0 Å². The number of hydrogen-bond donors (Lipinski definition) is 1. The number of nitrogens with zero attached hydrogens (tertiary/aromatic N) is 3. The second kappa shape index (κ2) is 7.05. The number of carbonyl (C=O) groups is 1. The molecule has 0 saturated carbocycles. The Morgan fingerprint density at radius 3 is 3.00 bits per heavy atom. The molecule has 0 aromatic carbocycles. The standard InChI is InChI=1S/C15H21N3O2/c1-2-3-4-6-17(8-9-19)15(20)13-5-7-18-12-16-11-14(18)10-13/h5,7,10-12,19H,2-4,6,8-9H2,1H3. The second-order valence-electron chi connectivity index (χ2n) is 4.86. The normalized spacial score (nSPS) is 10.9. The van der Waals surface area contributed by atoms with Crippen LogP contribution in [0.3, 0.4) is 0 Å². The van der Waals surface area contributed by atoms with E-state index in [1.54, 1.807) is 23.5 Å². The highest BCUT2D eigenvalue weighted by atomic mass is 16.3. The van der Waals surface area contributed by atoms with Crippen molar-refractivity contribution in [2.75, 3.05) is 19.7 Å². The molecule has 20 heavy (non-hydrogen) atoms. The molecular formula is C15H21N3O2. The highest BCUT2D eigenvalue weighted by molar-refractivity contribution is 5.95. The number of unbranched alkanes of at least 4 members (excludes halogenated alkanes) is 2. The first-order valence-electron chi connectivity index (χ1n) is 7.08. The minimum absolute atomic E-state index is 0.00715. The van der Waals surface area contributed by atoms with E-state index in [1.807, 2.05) is 16.7 Å². The smallest absolute Gasteiger partial charge is 0.254 e. The summed E-state index contributed by atoms with van der Waals surface area (Å²) < 4.78 is 1.87. The van der Waals surface area contributed by atoms with E-state index < -0.39 is 0 Å². The van der Waals surface area contributed by atoms with Crippen molar-refractivity contribution in [1.82, 2.24) is 14.3 Å². The van der Waals surface area contributed by atoms with E-state index in [9.17, 15) is 4.79 Å². The van der Waals surface area contributed by atoms with Crippen LogP contribution in [0.2, 0.25) is 0 Å². The molecule has 5 heteroatoms. The summed E-state index contributed by atoms with van der Waals surface area (Å²) in [4.78, 5) is 18.2. The van der Waals surface area contributed by atoms with Gasteiger partial charge in [0.2, 0.25) is 0 Å². The van der Waals surface area contributed by atoms with Gasteiger partial charge in [-0.3, -0.25) is 4.79 Å². The lowest BCUT2D eigenvalue weighted by atomic mass is 10.2. The molecule has 1 N–H and O–H groups in total. The summed E-state index contributed by atoms with van der Waals surface area (Å²) in [5.41, 5.74) is 1.54. The number of aromatic nitrogens is 2. The molecule has 1 amide bonds. The van der Waals surface area contributed by atoms with Crippen molar-refractivity contribution in [3.05, 3.63) is 36.4 Å². The number of amides is 1. The summed E-state index contributed by atoms with van der Waals surface area (Å²) in [6.07, 6.45) is 8.44. The average Bonchev–Trinajstić information content (AvgIpc) is 2.93. The first kappa shape index (κ1) is 14.5. The van der Waals surface area contributed by atoms with Crippen molar-refractivity contribution in [2.24, 2.45) is 0 Å². The Morgan fingerprint density at radius 2 is 2.25 bits per heavy atom. The maximum absolute atomic E-state index is 12.5. The van der Waals surface area contributed by atoms with Gasteiger partial charge in [0.25, 0.3) is 5.91 Å². The van der Waals surface area contributed by atoms with Gasteiger partial charge in [-0.1, -0.05) is 19.8 Å². The predicted molar refractivity (Wildman–Crippen MR) is 77.7 cm³/mol. The van der Waals surface area contributed by atoms with Crippen LogP contribution in [0, 0.1) is 0 Å². The molecule has 0 fully saturated rings. The summed E-state index contributed by atoms with van der Waals surface area (Å²) in [6.45, 7) is 3.20. The zero-order valence-electron chi connectivity index (χ0n) is 11.8. The van der Waals surface area contributed by atoms with Crippen molar-refractivity contribution < 1.29 is 9.90 Å². The Balaban J connectivity index is 2.12. The number of hydrogen-bond acceptors (Lipinski definition) is 3. The Bertz CT molecular complexity index is 565. The molecule has 5 nitrogen and oxygen atoms in total. The quantitative estimate of drug-likeness (QED) is 0.786. The molecule has 2 heterocycles. The van der Waals surface area contributed by atoms with Gasteiger partial charge in [0.1, 0.15) is 0 Å². The minimum atomic E-state index is -0.0288. The fourth-order valence-electron chi connectivity index (χ4n) is 2.22. The van der Waals surface area contributed by atoms with Crippen LogP contribution in [0.25, 0.3) is 5.52 Å². The first-order valence-corrected chi connectivity index (χ1v) is 7.08. The lowest BCUT2D eigenvalue weighted by Gasteiger charge is -2.21. The number of fused-ring (bicyclic) bond motifs is 1. The van der Waals surface area contributed by atoms with Gasteiger partial charge < -0.3 is 14.4 Å². The highest BCUT2D eigenvalue weighted by Gasteiger charge is 2.15. The van der Waals surface area contributed by atoms with Crippen LogP contribution in [0.15, 0.2) is 30.9 Å². The van der Waals surface area contributed by atoms with Crippen LogP contribution in [0.1, 0.15) is 36.5 Å². The molecule has 2 rings (SSSR count). The van der Waals surface area contributed by atoms with Crippen LogP contribution in [0.4, 0.5) is 0 Å². The summed E-state index contributed by atoms with van der Waals surface area (Å²) in [5, 5.41) is 9.12. The van der Waals surface area contributed by atoms with Gasteiger partial charge in [-0.15, -0.1) is 0 Å². The third-order valence-electron chi connectivity index (χ3n) is 3.35. The largest absolute Gasteiger partial charge is 0.395 e. The van der Waals surface area contributed by atoms with Gasteiger partial charge in [0.15, 0.2) is 0 Å². The Kier molecular flexibility index (Phi) is 5.12. The van der Waals surface area contributed by atoms with Crippen molar-refractivity contribution >= 4 is 11.4 Å². The van der Waals surface area contributed by atoms with E-state index >= 15 is 0 Å². The SMILES string of the molecule is CCCCCN(CCO)C(=O)c1ccn2cncc2c1. The predicted octanol–water partition coefficient (Wildman–Crippen LogP) is 1.96. The zero-order valence-corrected chi connectivity index (χ0v) is 11.8. The van der Waals surface area contributed by atoms with Crippen molar-refractivity contribution in [1.29, 1.82) is 0 Å². The van der Waals surface area contributed by atoms with Crippen LogP contribution >= 0.6 is 0 Å². The molecular weight excluding hydrogens is 254 g/mol. The first-order chi connectivity index (χ1) is 9.76. The average molecular weight is 275 g/mol. The number of pyridine rings is 1. The molecule has 0 unspecified atom stereocenters. The van der Waals surface area contributed by atoms with Crippen LogP contribution in [-0.2, 0) is 0 Å². The molecule has 0 spiro atoms. The molecule has 2 aromatic heterocycles. The van der Waals surface area contributed by atoms with Gasteiger partial charge in [-0.05, 0) is 18.6 Å². The molecule has 108 valence electrons. The van der Waals surface area contributed by atoms with Gasteiger partial charge in [0.05, 0.1) is 24.6 Å². The number of aliphatic hydroxyl groups excluding tert-OH is 1. The maximum Gasteiger partial charge on any atom is 0.254 e. The topological polar surface area (TPSA) is 57.8 Å². The Morgan fingerprint density at radius 1 is 1.40 bits per heavy atom. The molecule has 0 aliphatic heterocycles. The molecule has 2 aromatic rings. The van der Waals surface area contributed by atoms with E-state index in [1.165, 1.54) is 0 Å². The molecule has 0 aliphatic carbocycles. The van der Waals surface area contributed by atoms with Gasteiger partial charge in [0, 0.05) is 24.8 Å². The Hall–Kier alpha value is -1.88. The number of aliphatic hydroxyl groups is 1. The highest BCUT2D eigenvalue weighted by Crippen LogP contribution is 2.10. The van der Waals surface area contributed by atoms with Crippen LogP contribution < -0.4 is 0 Å². The van der Waals surface area contributed by atoms with E-state index in [4.69, 9.17) is 5.11 Å². The van der Waals surface area contributed by atoms with E-state index in [-0.39, 0.29) is 12.5 Å². The molecule has 0 bridgehead atoms. The van der Waals surface area contributed by atoms with Crippen molar-refractivity contribution in [3.8, 4) is 0 Å². The lowest BCUT2D eigenvalue weighted by molar-refractivity contribution is 0.0718. The molecule has 0 atom stereocenters. The van der Waals surface area contributed by atoms with Crippen LogP contribution in [-0.4, -0.2) is 45.0 Å². The summed E-state index contributed by atoms with van der Waals surface area (Å²) in [6, 6.07) is 3.63. The number of carbonyl (C=O) groups excluding carboxylic acids is 1. The van der Waals surface area contributed by atoms with Gasteiger partial charge in [-0.25, -0.2) is 4.98 Å². The number of rotatable bonds is 7. The van der Waals surface area contributed by atoms with Crippen LogP contribution in [0.5, 0.6) is 0 Å². The molecule has 0 radical (unpaired) electrons. The third-order valence-corrected chi connectivity index (χ3v) is 3.35. The monoisotopic (exact) mass is 275 g/mol. The summed E-state index contributed by atoms with van der Waals surface area (Å²) in [5.74, 6) is -0.0288. The summed E-state index contributed by atoms with van der Waals surface area (Å²) >= 11 is 0. The third kappa shape index (κ3) is 3.36. The molecule has 0 saturated heterocycles. The van der Waals surface area contributed by atoms with E-state index in [0.29, 0.717) is 18.7 Å².